The van der Waals surface area contributed by atoms with Gasteiger partial charge in [0.1, 0.15) is 0 Å². The van der Waals surface area contributed by atoms with Crippen LogP contribution >= 0.6 is 0 Å². The summed E-state index contributed by atoms with van der Waals surface area (Å²) in [6, 6.07) is 5.39. The molecule has 0 unspecified atom stereocenters. The minimum absolute atomic E-state index is 0.253. The normalized spacial score (nSPS) is 18.6. The van der Waals surface area contributed by atoms with Gasteiger partial charge in [-0.25, -0.2) is 13.1 Å². The van der Waals surface area contributed by atoms with E-state index in [-0.39, 0.29) is 11.8 Å². The Morgan fingerprint density at radius 2 is 2.05 bits per heavy atom. The van der Waals surface area contributed by atoms with E-state index in [1.54, 1.807) is 0 Å². The lowest BCUT2D eigenvalue weighted by Gasteiger charge is -2.16. The summed E-state index contributed by atoms with van der Waals surface area (Å²) in [7, 11) is -3.22. The van der Waals surface area contributed by atoms with Crippen LogP contribution in [0.5, 0.6) is 0 Å². The maximum atomic E-state index is 12.1. The Kier molecular flexibility index (Phi) is 4.58. The van der Waals surface area contributed by atoms with Gasteiger partial charge in [-0.15, -0.1) is 0 Å². The molecule has 1 aromatic rings. The van der Waals surface area contributed by atoms with Gasteiger partial charge in [0.05, 0.1) is 17.5 Å². The molecule has 1 aromatic heterocycles. The quantitative estimate of drug-likeness (QED) is 0.903. The summed E-state index contributed by atoms with van der Waals surface area (Å²) in [5.41, 5.74) is 1.68. The van der Waals surface area contributed by atoms with E-state index in [4.69, 9.17) is 0 Å². The topological polar surface area (TPSA) is 59.1 Å². The zero-order valence-electron chi connectivity index (χ0n) is 11.6. The molecule has 1 fully saturated rings. The third-order valence-electron chi connectivity index (χ3n) is 3.64. The monoisotopic (exact) mass is 282 g/mol. The minimum Gasteiger partial charge on any atom is -0.256 e. The van der Waals surface area contributed by atoms with Crippen molar-refractivity contribution in [3.63, 3.8) is 0 Å². The second-order valence-corrected chi connectivity index (χ2v) is 7.27. The van der Waals surface area contributed by atoms with E-state index in [0.717, 1.165) is 37.1 Å². The molecule has 0 saturated heterocycles. The van der Waals surface area contributed by atoms with Gasteiger partial charge in [0.15, 0.2) is 0 Å². The largest absolute Gasteiger partial charge is 0.256 e. The van der Waals surface area contributed by atoms with Gasteiger partial charge in [-0.05, 0) is 44.7 Å². The van der Waals surface area contributed by atoms with Crippen LogP contribution in [0.2, 0.25) is 0 Å². The Morgan fingerprint density at radius 1 is 1.37 bits per heavy atom. The molecule has 0 amide bonds. The van der Waals surface area contributed by atoms with E-state index >= 15 is 0 Å². The lowest BCUT2D eigenvalue weighted by atomic mass is 10.1. The Bertz CT molecular complexity index is 522. The zero-order chi connectivity index (χ0) is 13.9. The fourth-order valence-corrected chi connectivity index (χ4v) is 4.38. The highest BCUT2D eigenvalue weighted by Crippen LogP contribution is 2.26. The molecule has 0 bridgehead atoms. The molecule has 1 aliphatic carbocycles. The molecule has 0 aliphatic heterocycles. The van der Waals surface area contributed by atoms with Crippen LogP contribution in [0.25, 0.3) is 0 Å². The van der Waals surface area contributed by atoms with Crippen molar-refractivity contribution in [2.24, 2.45) is 5.92 Å². The second-order valence-electron chi connectivity index (χ2n) is 5.48. The summed E-state index contributed by atoms with van der Waals surface area (Å²) in [6.07, 6.45) is 4.40. The van der Waals surface area contributed by atoms with Crippen molar-refractivity contribution in [3.05, 3.63) is 29.6 Å². The second kappa shape index (κ2) is 6.01. The lowest BCUT2D eigenvalue weighted by Crippen LogP contribution is -2.31. The molecule has 1 saturated carbocycles. The summed E-state index contributed by atoms with van der Waals surface area (Å²) in [4.78, 5) is 4.36. The number of hydrogen-bond acceptors (Lipinski definition) is 3. The molecular weight excluding hydrogens is 260 g/mol. The van der Waals surface area contributed by atoms with Gasteiger partial charge in [0.2, 0.25) is 10.0 Å². The first-order valence-electron chi connectivity index (χ1n) is 6.90. The molecule has 4 nitrogen and oxygen atoms in total. The van der Waals surface area contributed by atoms with Gasteiger partial charge >= 0.3 is 0 Å². The Morgan fingerprint density at radius 3 is 2.68 bits per heavy atom. The first-order chi connectivity index (χ1) is 8.96. The molecule has 0 aromatic carbocycles. The molecule has 0 radical (unpaired) electrons. The number of nitrogens with zero attached hydrogens (tertiary/aromatic N) is 1. The van der Waals surface area contributed by atoms with Crippen LogP contribution in [0.4, 0.5) is 0 Å². The highest BCUT2D eigenvalue weighted by atomic mass is 32.2. The van der Waals surface area contributed by atoms with Gasteiger partial charge in [-0.3, -0.25) is 4.98 Å². The van der Waals surface area contributed by atoms with Crippen molar-refractivity contribution >= 4 is 10.0 Å². The van der Waals surface area contributed by atoms with Crippen LogP contribution in [0.15, 0.2) is 18.2 Å². The molecular formula is C14H22N2O2S. The van der Waals surface area contributed by atoms with Crippen LogP contribution in [-0.2, 0) is 10.0 Å². The third kappa shape index (κ3) is 4.28. The van der Waals surface area contributed by atoms with Crippen molar-refractivity contribution < 1.29 is 8.42 Å². The maximum absolute atomic E-state index is 12.1. The van der Waals surface area contributed by atoms with Gasteiger partial charge in [-0.1, -0.05) is 18.9 Å². The van der Waals surface area contributed by atoms with E-state index in [1.165, 1.54) is 0 Å². The number of hydrogen-bond donors (Lipinski definition) is 1. The summed E-state index contributed by atoms with van der Waals surface area (Å²) in [6.45, 7) is 3.75. The molecule has 1 N–H and O–H groups in total. The first-order valence-corrected chi connectivity index (χ1v) is 8.55. The average Bonchev–Trinajstić information content (AvgIpc) is 2.80. The van der Waals surface area contributed by atoms with Gasteiger partial charge < -0.3 is 0 Å². The summed E-state index contributed by atoms with van der Waals surface area (Å²) in [5.74, 6) is 0.582. The van der Waals surface area contributed by atoms with Crippen LogP contribution in [-0.4, -0.2) is 19.2 Å². The van der Waals surface area contributed by atoms with Crippen molar-refractivity contribution in [3.8, 4) is 0 Å². The molecule has 0 spiro atoms. The van der Waals surface area contributed by atoms with Crippen LogP contribution in [0.3, 0.4) is 0 Å². The Labute approximate surface area is 115 Å². The number of pyridine rings is 1. The molecule has 19 heavy (non-hydrogen) atoms. The predicted octanol–water partition coefficient (Wildman–Crippen LogP) is 2.56. The number of rotatable bonds is 5. The summed E-state index contributed by atoms with van der Waals surface area (Å²) in [5, 5.41) is 0. The van der Waals surface area contributed by atoms with Crippen molar-refractivity contribution in [1.82, 2.24) is 9.71 Å². The zero-order valence-corrected chi connectivity index (χ0v) is 12.4. The predicted molar refractivity (Wildman–Crippen MR) is 76.3 cm³/mol. The van der Waals surface area contributed by atoms with Gasteiger partial charge in [-0.2, -0.15) is 0 Å². The molecule has 1 heterocycles. The highest BCUT2D eigenvalue weighted by Gasteiger charge is 2.24. The van der Waals surface area contributed by atoms with Crippen molar-refractivity contribution in [2.75, 3.05) is 5.75 Å². The van der Waals surface area contributed by atoms with Crippen LogP contribution < -0.4 is 4.72 Å². The van der Waals surface area contributed by atoms with Crippen LogP contribution in [0.1, 0.15) is 50.0 Å². The smallest absolute Gasteiger partial charge is 0.212 e. The maximum Gasteiger partial charge on any atom is 0.212 e. The number of sulfonamides is 1. The third-order valence-corrected chi connectivity index (χ3v) is 5.26. The number of aromatic nitrogens is 1. The van der Waals surface area contributed by atoms with Crippen LogP contribution in [0, 0.1) is 12.8 Å². The number of aryl methyl sites for hydroxylation is 1. The molecule has 106 valence electrons. The van der Waals surface area contributed by atoms with E-state index in [0.29, 0.717) is 5.92 Å². The van der Waals surface area contributed by atoms with Gasteiger partial charge in [0, 0.05) is 5.69 Å². The molecule has 1 aliphatic rings. The average molecular weight is 282 g/mol. The summed E-state index contributed by atoms with van der Waals surface area (Å²) >= 11 is 0. The SMILES string of the molecule is Cc1cccc([C@H](C)NS(=O)(=O)CC2CCCC2)n1. The summed E-state index contributed by atoms with van der Waals surface area (Å²) < 4.78 is 27.0. The minimum atomic E-state index is -3.22. The van der Waals surface area contributed by atoms with Crippen molar-refractivity contribution in [1.29, 1.82) is 0 Å². The fourth-order valence-electron chi connectivity index (χ4n) is 2.67. The molecule has 2 rings (SSSR count). The molecule has 1 atom stereocenters. The van der Waals surface area contributed by atoms with E-state index < -0.39 is 10.0 Å². The Balaban J connectivity index is 1.98. The standard InChI is InChI=1S/C14H22N2O2S/c1-11-6-5-9-14(15-11)12(2)16-19(17,18)10-13-7-3-4-8-13/h5-6,9,12-13,16H,3-4,7-8,10H2,1-2H3/t12-/m0/s1. The first kappa shape index (κ1) is 14.5. The van der Waals surface area contributed by atoms with E-state index in [2.05, 4.69) is 9.71 Å². The van der Waals surface area contributed by atoms with E-state index in [9.17, 15) is 8.42 Å². The van der Waals surface area contributed by atoms with Crippen molar-refractivity contribution in [2.45, 2.75) is 45.6 Å². The molecule has 5 heteroatoms. The Hall–Kier alpha value is -0.940. The number of nitrogens with one attached hydrogen (secondary N) is 1. The van der Waals surface area contributed by atoms with Gasteiger partial charge in [0.25, 0.3) is 0 Å². The lowest BCUT2D eigenvalue weighted by molar-refractivity contribution is 0.535. The van der Waals surface area contributed by atoms with E-state index in [1.807, 2.05) is 32.0 Å². The fraction of sp³-hybridized carbons (Fsp3) is 0.643. The highest BCUT2D eigenvalue weighted by molar-refractivity contribution is 7.89.